The zero-order valence-electron chi connectivity index (χ0n) is 22.7. The number of nitrogens with zero attached hydrogens (tertiary/aromatic N) is 1. The van der Waals surface area contributed by atoms with Crippen molar-refractivity contribution in [1.82, 2.24) is 4.90 Å². The molecule has 0 bridgehead atoms. The Balaban J connectivity index is 1.46. The summed E-state index contributed by atoms with van der Waals surface area (Å²) in [5.74, 6) is 1.90. The summed E-state index contributed by atoms with van der Waals surface area (Å²) < 4.78 is 62.1. The van der Waals surface area contributed by atoms with E-state index in [9.17, 15) is 16.8 Å². The minimum Gasteiger partial charge on any atom is -0.492 e. The van der Waals surface area contributed by atoms with Gasteiger partial charge in [-0.25, -0.2) is 16.8 Å². The van der Waals surface area contributed by atoms with E-state index >= 15 is 0 Å². The van der Waals surface area contributed by atoms with Crippen LogP contribution in [0.2, 0.25) is 0 Å². The Kier molecular flexibility index (Phi) is 8.16. The van der Waals surface area contributed by atoms with E-state index in [1.54, 1.807) is 6.07 Å². The summed E-state index contributed by atoms with van der Waals surface area (Å²) in [6.07, 6.45) is 5.82. The van der Waals surface area contributed by atoms with Gasteiger partial charge in [0.05, 0.1) is 9.79 Å². The van der Waals surface area contributed by atoms with Crippen molar-refractivity contribution in [3.05, 3.63) is 78.9 Å². The van der Waals surface area contributed by atoms with Crippen LogP contribution >= 0.6 is 0 Å². The van der Waals surface area contributed by atoms with Gasteiger partial charge in [-0.3, -0.25) is 4.90 Å². The van der Waals surface area contributed by atoms with E-state index < -0.39 is 19.7 Å². The average molecular weight is 580 g/mol. The van der Waals surface area contributed by atoms with Crippen LogP contribution in [-0.4, -0.2) is 60.5 Å². The third-order valence-electron chi connectivity index (χ3n) is 7.10. The minimum atomic E-state index is -3.82. The molecule has 0 unspecified atom stereocenters. The fourth-order valence-electron chi connectivity index (χ4n) is 5.05. The molecule has 1 aliphatic rings. The monoisotopic (exact) mass is 579 g/mol. The molecule has 9 heteroatoms. The summed E-state index contributed by atoms with van der Waals surface area (Å²) in [5, 5.41) is 1.80. The van der Waals surface area contributed by atoms with Crippen molar-refractivity contribution in [3.8, 4) is 28.4 Å². The lowest BCUT2D eigenvalue weighted by molar-refractivity contribution is 0.183. The molecular formula is C31H33NO6S2. The van der Waals surface area contributed by atoms with Gasteiger partial charge in [0, 0.05) is 30.0 Å². The number of sulfone groups is 2. The Labute approximate surface area is 236 Å². The van der Waals surface area contributed by atoms with Crippen molar-refractivity contribution < 1.29 is 26.3 Å². The van der Waals surface area contributed by atoms with E-state index in [1.807, 2.05) is 60.7 Å². The highest BCUT2D eigenvalue weighted by Gasteiger charge is 2.23. The number of ether oxygens (including phenoxy) is 2. The molecule has 0 saturated carbocycles. The lowest BCUT2D eigenvalue weighted by Crippen LogP contribution is -2.33. The molecule has 0 N–H and O–H groups in total. The Morgan fingerprint density at radius 2 is 1.40 bits per heavy atom. The first-order valence-electron chi connectivity index (χ1n) is 13.3. The number of hydrogen-bond acceptors (Lipinski definition) is 7. The van der Waals surface area contributed by atoms with Crippen molar-refractivity contribution in [2.75, 3.05) is 38.8 Å². The number of benzene rings is 4. The van der Waals surface area contributed by atoms with Crippen LogP contribution in [0.4, 0.5) is 0 Å². The Morgan fingerprint density at radius 1 is 0.725 bits per heavy atom. The van der Waals surface area contributed by atoms with Crippen molar-refractivity contribution in [3.63, 3.8) is 0 Å². The zero-order valence-corrected chi connectivity index (χ0v) is 24.3. The topological polar surface area (TPSA) is 90.0 Å². The van der Waals surface area contributed by atoms with Crippen LogP contribution in [0.1, 0.15) is 19.3 Å². The molecule has 0 aliphatic carbocycles. The Morgan fingerprint density at radius 3 is 2.10 bits per heavy atom. The molecular weight excluding hydrogens is 546 g/mol. The van der Waals surface area contributed by atoms with Crippen molar-refractivity contribution >= 4 is 30.4 Å². The molecule has 1 saturated heterocycles. The molecule has 0 aromatic heterocycles. The van der Waals surface area contributed by atoms with E-state index in [0.29, 0.717) is 29.2 Å². The molecule has 4 aromatic carbocycles. The molecule has 0 radical (unpaired) electrons. The van der Waals surface area contributed by atoms with Crippen molar-refractivity contribution in [2.24, 2.45) is 0 Å². The van der Waals surface area contributed by atoms with Gasteiger partial charge >= 0.3 is 0 Å². The minimum absolute atomic E-state index is 0.224. The summed E-state index contributed by atoms with van der Waals surface area (Å²) in [5.41, 5.74) is 1.18. The maximum Gasteiger partial charge on any atom is 0.176 e. The quantitative estimate of drug-likeness (QED) is 0.241. The lowest BCUT2D eigenvalue weighted by atomic mass is 9.99. The van der Waals surface area contributed by atoms with Gasteiger partial charge in [0.25, 0.3) is 0 Å². The van der Waals surface area contributed by atoms with Crippen LogP contribution in [-0.2, 0) is 19.7 Å². The predicted octanol–water partition coefficient (Wildman–Crippen LogP) is 5.97. The van der Waals surface area contributed by atoms with Gasteiger partial charge in [0.15, 0.2) is 19.7 Å². The normalized spacial score (nSPS) is 14.8. The van der Waals surface area contributed by atoms with Gasteiger partial charge in [0.2, 0.25) is 0 Å². The molecule has 0 spiro atoms. The smallest absolute Gasteiger partial charge is 0.176 e. The maximum absolute atomic E-state index is 12.6. The van der Waals surface area contributed by atoms with Gasteiger partial charge in [-0.15, -0.1) is 0 Å². The van der Waals surface area contributed by atoms with Crippen LogP contribution in [0.25, 0.3) is 21.9 Å². The van der Waals surface area contributed by atoms with Gasteiger partial charge in [-0.1, -0.05) is 42.8 Å². The van der Waals surface area contributed by atoms with Gasteiger partial charge < -0.3 is 9.47 Å². The highest BCUT2D eigenvalue weighted by Crippen LogP contribution is 2.41. The Bertz CT molecular complexity index is 1730. The molecule has 1 aliphatic heterocycles. The zero-order chi connectivity index (χ0) is 28.3. The molecule has 5 rings (SSSR count). The average Bonchev–Trinajstić information content (AvgIpc) is 2.93. The van der Waals surface area contributed by atoms with Crippen molar-refractivity contribution in [2.45, 2.75) is 29.1 Å². The van der Waals surface area contributed by atoms with Crippen LogP contribution in [0.15, 0.2) is 88.7 Å². The number of fused-ring (bicyclic) bond motifs is 1. The molecule has 7 nitrogen and oxygen atoms in total. The van der Waals surface area contributed by atoms with Gasteiger partial charge in [-0.05, 0) is 79.3 Å². The first-order chi connectivity index (χ1) is 19.1. The first-order valence-corrected chi connectivity index (χ1v) is 17.1. The van der Waals surface area contributed by atoms with E-state index in [4.69, 9.17) is 9.47 Å². The van der Waals surface area contributed by atoms with Crippen LogP contribution < -0.4 is 9.47 Å². The standard InChI is InChI=1S/C31H33NO6S2/c1-39(33,34)29-17-11-24(22-30(29)40(2,35)36)28-16-10-23-8-4-5-9-27(23)31(28)38-26-14-12-25(13-15-26)37-21-20-32-18-6-3-7-19-32/h4-5,8-17,22H,3,6-7,18-21H2,1-2H3. The first kappa shape index (κ1) is 28.1. The van der Waals surface area contributed by atoms with Gasteiger partial charge in [0.1, 0.15) is 23.9 Å². The molecule has 1 heterocycles. The Hall–Kier alpha value is -3.40. The molecule has 4 aromatic rings. The van der Waals surface area contributed by atoms with E-state index in [-0.39, 0.29) is 9.79 Å². The third-order valence-corrected chi connectivity index (χ3v) is 9.52. The molecule has 0 amide bonds. The molecule has 1 fully saturated rings. The third kappa shape index (κ3) is 6.49. The molecule has 40 heavy (non-hydrogen) atoms. The van der Waals surface area contributed by atoms with Crippen molar-refractivity contribution in [1.29, 1.82) is 0 Å². The highest BCUT2D eigenvalue weighted by molar-refractivity contribution is 7.93. The van der Waals surface area contributed by atoms with Crippen LogP contribution in [0.3, 0.4) is 0 Å². The summed E-state index contributed by atoms with van der Waals surface area (Å²) in [4.78, 5) is 1.97. The van der Waals surface area contributed by atoms with E-state index in [0.717, 1.165) is 48.7 Å². The van der Waals surface area contributed by atoms with E-state index in [1.165, 1.54) is 31.4 Å². The maximum atomic E-state index is 12.6. The van der Waals surface area contributed by atoms with E-state index in [2.05, 4.69) is 4.90 Å². The number of hydrogen-bond donors (Lipinski definition) is 0. The SMILES string of the molecule is CS(=O)(=O)c1ccc(-c2ccc3ccccc3c2Oc2ccc(OCCN3CCCCC3)cc2)cc1S(C)(=O)=O. The summed E-state index contributed by atoms with van der Waals surface area (Å²) in [6.45, 7) is 3.79. The summed E-state index contributed by atoms with van der Waals surface area (Å²) in [6, 6.07) is 23.3. The number of piperidine rings is 1. The van der Waals surface area contributed by atoms with Gasteiger partial charge in [-0.2, -0.15) is 0 Å². The number of likely N-dealkylation sites (tertiary alicyclic amines) is 1. The summed E-state index contributed by atoms with van der Waals surface area (Å²) >= 11 is 0. The fourth-order valence-corrected chi connectivity index (χ4v) is 7.47. The summed E-state index contributed by atoms with van der Waals surface area (Å²) in [7, 11) is -7.57. The second kappa shape index (κ2) is 11.6. The highest BCUT2D eigenvalue weighted by atomic mass is 32.2. The predicted molar refractivity (Wildman–Crippen MR) is 158 cm³/mol. The second-order valence-electron chi connectivity index (χ2n) is 10.2. The second-order valence-corrected chi connectivity index (χ2v) is 14.2. The largest absolute Gasteiger partial charge is 0.492 e. The fraction of sp³-hybridized carbons (Fsp3) is 0.290. The van der Waals surface area contributed by atoms with Crippen LogP contribution in [0, 0.1) is 0 Å². The number of rotatable bonds is 9. The lowest BCUT2D eigenvalue weighted by Gasteiger charge is -2.26. The molecule has 0 atom stereocenters. The van der Waals surface area contributed by atoms with Crippen LogP contribution in [0.5, 0.6) is 17.2 Å². The molecule has 210 valence electrons.